The molecule has 2 aromatic carbocycles. The van der Waals surface area contributed by atoms with Gasteiger partial charge < -0.3 is 35.2 Å². The van der Waals surface area contributed by atoms with Crippen LogP contribution in [-0.2, 0) is 4.74 Å². The standard InChI is InChI=1S/C21H24ClNO7/c1-21(28)18(26)17(25)16(10-24)30-20(21)29-15-7-6-12(9-14(15)22)11-4-3-5-13(8-11)19(27)23-2/h3-9,16-18,20,24-26,28H,10H2,1-2H3,(H,23,27)/t16?,17-,18+,20+,21+/m1/s1. The summed E-state index contributed by atoms with van der Waals surface area (Å²) in [6.07, 6.45) is -5.59. The van der Waals surface area contributed by atoms with Crippen molar-refractivity contribution in [1.29, 1.82) is 0 Å². The largest absolute Gasteiger partial charge is 0.460 e. The molecule has 0 radical (unpaired) electrons. The van der Waals surface area contributed by atoms with Gasteiger partial charge in [0.25, 0.3) is 5.91 Å². The first-order valence-electron chi connectivity index (χ1n) is 9.32. The van der Waals surface area contributed by atoms with Gasteiger partial charge in [-0.3, -0.25) is 4.79 Å². The lowest BCUT2D eigenvalue weighted by Gasteiger charge is -2.45. The number of ether oxygens (including phenoxy) is 2. The van der Waals surface area contributed by atoms with Crippen LogP contribution in [0, 0.1) is 0 Å². The molecule has 1 aliphatic rings. The molecule has 1 heterocycles. The van der Waals surface area contributed by atoms with Crippen LogP contribution in [0.4, 0.5) is 0 Å². The number of hydrogen-bond donors (Lipinski definition) is 5. The maximum Gasteiger partial charge on any atom is 0.251 e. The Hall–Kier alpha value is -2.20. The lowest BCUT2D eigenvalue weighted by molar-refractivity contribution is -0.314. The quantitative estimate of drug-likeness (QED) is 0.470. The van der Waals surface area contributed by atoms with Gasteiger partial charge in [0.15, 0.2) is 5.60 Å². The van der Waals surface area contributed by atoms with Gasteiger partial charge in [-0.05, 0) is 42.3 Å². The Balaban J connectivity index is 1.85. The maximum atomic E-state index is 11.9. The zero-order valence-electron chi connectivity index (χ0n) is 16.4. The summed E-state index contributed by atoms with van der Waals surface area (Å²) in [4.78, 5) is 11.9. The summed E-state index contributed by atoms with van der Waals surface area (Å²) in [5.41, 5.74) is 0.0535. The molecule has 1 saturated heterocycles. The lowest BCUT2D eigenvalue weighted by atomic mass is 9.88. The molecule has 9 heteroatoms. The second-order valence-electron chi connectivity index (χ2n) is 7.27. The number of aliphatic hydroxyl groups excluding tert-OH is 3. The predicted octanol–water partition coefficient (Wildman–Crippen LogP) is 0.935. The first-order valence-corrected chi connectivity index (χ1v) is 9.70. The smallest absolute Gasteiger partial charge is 0.251 e. The first kappa shape index (κ1) is 22.5. The zero-order chi connectivity index (χ0) is 22.1. The zero-order valence-corrected chi connectivity index (χ0v) is 17.2. The fraction of sp³-hybridized carbons (Fsp3) is 0.381. The summed E-state index contributed by atoms with van der Waals surface area (Å²) < 4.78 is 11.1. The average molecular weight is 438 g/mol. The van der Waals surface area contributed by atoms with Crippen LogP contribution in [0.25, 0.3) is 11.1 Å². The van der Waals surface area contributed by atoms with Crippen molar-refractivity contribution < 1.29 is 34.7 Å². The van der Waals surface area contributed by atoms with E-state index in [4.69, 9.17) is 21.1 Å². The average Bonchev–Trinajstić information content (AvgIpc) is 2.75. The molecule has 0 bridgehead atoms. The summed E-state index contributed by atoms with van der Waals surface area (Å²) in [5, 5.41) is 42.8. The molecule has 1 aliphatic heterocycles. The van der Waals surface area contributed by atoms with Gasteiger partial charge >= 0.3 is 0 Å². The number of carbonyl (C=O) groups is 1. The van der Waals surface area contributed by atoms with Crippen molar-refractivity contribution in [2.24, 2.45) is 0 Å². The fourth-order valence-electron chi connectivity index (χ4n) is 3.24. The second-order valence-corrected chi connectivity index (χ2v) is 7.68. The van der Waals surface area contributed by atoms with Crippen molar-refractivity contribution in [2.75, 3.05) is 13.7 Å². The highest BCUT2D eigenvalue weighted by Crippen LogP contribution is 2.36. The minimum absolute atomic E-state index is 0.174. The Morgan fingerprint density at radius 1 is 1.23 bits per heavy atom. The molecule has 5 N–H and O–H groups in total. The monoisotopic (exact) mass is 437 g/mol. The van der Waals surface area contributed by atoms with Crippen LogP contribution in [0.2, 0.25) is 5.02 Å². The number of rotatable bonds is 5. The Labute approximate surface area is 178 Å². The van der Waals surface area contributed by atoms with E-state index in [1.165, 1.54) is 6.92 Å². The van der Waals surface area contributed by atoms with Crippen molar-refractivity contribution >= 4 is 17.5 Å². The SMILES string of the molecule is CNC(=O)c1cccc(-c2ccc(O[C@H]3OC(CO)[C@@H](O)[C@H](O)[C@]3(C)O)c(Cl)c2)c1. The third-order valence-corrected chi connectivity index (χ3v) is 5.41. The van der Waals surface area contributed by atoms with Gasteiger partial charge in [0.1, 0.15) is 24.1 Å². The minimum Gasteiger partial charge on any atom is -0.460 e. The number of aliphatic hydroxyl groups is 4. The molecule has 0 saturated carbocycles. The topological polar surface area (TPSA) is 128 Å². The molecule has 1 unspecified atom stereocenters. The highest BCUT2D eigenvalue weighted by atomic mass is 35.5. The molecule has 30 heavy (non-hydrogen) atoms. The van der Waals surface area contributed by atoms with E-state index in [9.17, 15) is 25.2 Å². The summed E-state index contributed by atoms with van der Waals surface area (Å²) in [7, 11) is 1.55. The van der Waals surface area contributed by atoms with E-state index in [1.807, 2.05) is 6.07 Å². The molecule has 5 atom stereocenters. The third-order valence-electron chi connectivity index (χ3n) is 5.11. The van der Waals surface area contributed by atoms with Crippen molar-refractivity contribution in [1.82, 2.24) is 5.32 Å². The number of benzene rings is 2. The molecule has 3 rings (SSSR count). The number of nitrogens with one attached hydrogen (secondary N) is 1. The Bertz CT molecular complexity index is 920. The molecule has 8 nitrogen and oxygen atoms in total. The normalized spacial score (nSPS) is 28.8. The molecule has 0 spiro atoms. The molecular formula is C21H24ClNO7. The number of halogens is 1. The van der Waals surface area contributed by atoms with Crippen LogP contribution in [0.1, 0.15) is 17.3 Å². The molecule has 1 fully saturated rings. The summed E-state index contributed by atoms with van der Waals surface area (Å²) in [6, 6.07) is 11.9. The van der Waals surface area contributed by atoms with E-state index in [-0.39, 0.29) is 16.7 Å². The van der Waals surface area contributed by atoms with E-state index in [0.717, 1.165) is 11.1 Å². The van der Waals surface area contributed by atoms with Gasteiger partial charge in [0.05, 0.1) is 11.6 Å². The fourth-order valence-corrected chi connectivity index (χ4v) is 3.46. The molecule has 1 amide bonds. The van der Waals surface area contributed by atoms with E-state index < -0.39 is 36.8 Å². The van der Waals surface area contributed by atoms with Gasteiger partial charge in [-0.1, -0.05) is 29.8 Å². The van der Waals surface area contributed by atoms with Crippen LogP contribution in [-0.4, -0.2) is 70.2 Å². The van der Waals surface area contributed by atoms with Crippen molar-refractivity contribution in [3.8, 4) is 16.9 Å². The van der Waals surface area contributed by atoms with Crippen molar-refractivity contribution in [2.45, 2.75) is 37.1 Å². The number of carbonyl (C=O) groups excluding carboxylic acids is 1. The molecule has 162 valence electrons. The summed E-state index contributed by atoms with van der Waals surface area (Å²) in [6.45, 7) is 0.689. The first-order chi connectivity index (χ1) is 14.2. The summed E-state index contributed by atoms with van der Waals surface area (Å²) in [5.74, 6) is -0.0350. The van der Waals surface area contributed by atoms with Crippen molar-refractivity contribution in [3.05, 3.63) is 53.1 Å². The third kappa shape index (κ3) is 4.29. The van der Waals surface area contributed by atoms with Crippen molar-refractivity contribution in [3.63, 3.8) is 0 Å². The molecule has 0 aromatic heterocycles. The highest BCUT2D eigenvalue weighted by molar-refractivity contribution is 6.32. The van der Waals surface area contributed by atoms with Gasteiger partial charge in [-0.2, -0.15) is 0 Å². The Morgan fingerprint density at radius 3 is 2.57 bits per heavy atom. The predicted molar refractivity (Wildman–Crippen MR) is 109 cm³/mol. The summed E-state index contributed by atoms with van der Waals surface area (Å²) >= 11 is 6.35. The van der Waals surface area contributed by atoms with Crippen LogP contribution in [0.5, 0.6) is 5.75 Å². The van der Waals surface area contributed by atoms with Gasteiger partial charge in [-0.15, -0.1) is 0 Å². The van der Waals surface area contributed by atoms with Gasteiger partial charge in [0, 0.05) is 12.6 Å². The molecule has 0 aliphatic carbocycles. The second kappa shape index (κ2) is 8.89. The molecule has 2 aromatic rings. The van der Waals surface area contributed by atoms with Gasteiger partial charge in [-0.25, -0.2) is 0 Å². The number of hydrogen-bond acceptors (Lipinski definition) is 7. The minimum atomic E-state index is -1.95. The van der Waals surface area contributed by atoms with Crippen LogP contribution in [0.3, 0.4) is 0 Å². The maximum absolute atomic E-state index is 11.9. The van der Waals surface area contributed by atoms with E-state index >= 15 is 0 Å². The lowest BCUT2D eigenvalue weighted by Crippen LogP contribution is -2.66. The van der Waals surface area contributed by atoms with E-state index in [0.29, 0.717) is 5.56 Å². The van der Waals surface area contributed by atoms with E-state index in [1.54, 1.807) is 43.4 Å². The van der Waals surface area contributed by atoms with Crippen LogP contribution < -0.4 is 10.1 Å². The Morgan fingerprint density at radius 2 is 1.93 bits per heavy atom. The number of amides is 1. The van der Waals surface area contributed by atoms with Crippen LogP contribution in [0.15, 0.2) is 42.5 Å². The molecular weight excluding hydrogens is 414 g/mol. The highest BCUT2D eigenvalue weighted by Gasteiger charge is 2.53. The van der Waals surface area contributed by atoms with Crippen LogP contribution >= 0.6 is 11.6 Å². The van der Waals surface area contributed by atoms with E-state index in [2.05, 4.69) is 5.32 Å². The van der Waals surface area contributed by atoms with Gasteiger partial charge in [0.2, 0.25) is 6.29 Å². The Kier molecular flexibility index (Phi) is 6.66.